The van der Waals surface area contributed by atoms with Gasteiger partial charge in [0, 0.05) is 31.2 Å². The fourth-order valence-electron chi connectivity index (χ4n) is 2.75. The van der Waals surface area contributed by atoms with Crippen LogP contribution >= 0.6 is 0 Å². The maximum Gasteiger partial charge on any atom is 0.307 e. The first-order chi connectivity index (χ1) is 9.95. The van der Waals surface area contributed by atoms with Crippen molar-refractivity contribution in [2.24, 2.45) is 0 Å². The van der Waals surface area contributed by atoms with Gasteiger partial charge in [-0.2, -0.15) is 8.42 Å². The molecule has 1 fully saturated rings. The predicted molar refractivity (Wildman–Crippen MR) is 77.0 cm³/mol. The summed E-state index contributed by atoms with van der Waals surface area (Å²) in [5.74, 6) is -0.306. The fraction of sp³-hybridized carbons (Fsp3) is 0.357. The highest BCUT2D eigenvalue weighted by Crippen LogP contribution is 2.22. The standard InChI is InChI=1S/C14H15FN2O3S/c15-21(19,20)12-8-13(18)17(9-12)7-5-11-3-1-2-10-4-6-16-14(10)11/h1-4,6,12,16H,5,7-9H2. The number of nitrogens with one attached hydrogen (secondary N) is 1. The zero-order valence-electron chi connectivity index (χ0n) is 11.3. The largest absolute Gasteiger partial charge is 0.361 e. The Kier molecular flexibility index (Phi) is 3.44. The van der Waals surface area contributed by atoms with Gasteiger partial charge in [-0.1, -0.05) is 18.2 Å². The summed E-state index contributed by atoms with van der Waals surface area (Å²) in [5, 5.41) is -0.129. The third-order valence-electron chi connectivity index (χ3n) is 3.90. The van der Waals surface area contributed by atoms with Gasteiger partial charge in [-0.15, -0.1) is 3.89 Å². The van der Waals surface area contributed by atoms with E-state index in [4.69, 9.17) is 0 Å². The zero-order valence-corrected chi connectivity index (χ0v) is 12.1. The number of rotatable bonds is 4. The number of benzene rings is 1. The Labute approximate surface area is 122 Å². The maximum atomic E-state index is 13.0. The Balaban J connectivity index is 1.71. The Morgan fingerprint density at radius 2 is 2.14 bits per heavy atom. The van der Waals surface area contributed by atoms with Crippen molar-refractivity contribution in [3.8, 4) is 0 Å². The maximum absolute atomic E-state index is 13.0. The van der Waals surface area contributed by atoms with Gasteiger partial charge in [0.25, 0.3) is 0 Å². The molecule has 1 N–H and O–H groups in total. The number of aromatic amines is 1. The topological polar surface area (TPSA) is 70.2 Å². The molecule has 1 amide bonds. The number of hydrogen-bond acceptors (Lipinski definition) is 3. The number of carbonyl (C=O) groups excluding carboxylic acids is 1. The van der Waals surface area contributed by atoms with Crippen LogP contribution < -0.4 is 0 Å². The lowest BCUT2D eigenvalue weighted by atomic mass is 10.1. The molecule has 1 atom stereocenters. The van der Waals surface area contributed by atoms with Crippen molar-refractivity contribution >= 4 is 27.0 Å². The number of carbonyl (C=O) groups is 1. The summed E-state index contributed by atoms with van der Waals surface area (Å²) in [5.41, 5.74) is 2.07. The van der Waals surface area contributed by atoms with Crippen LogP contribution in [0.4, 0.5) is 3.89 Å². The van der Waals surface area contributed by atoms with Crippen LogP contribution in [0.5, 0.6) is 0 Å². The average molecular weight is 310 g/mol. The molecule has 0 saturated carbocycles. The highest BCUT2D eigenvalue weighted by Gasteiger charge is 2.38. The second kappa shape index (κ2) is 5.14. The van der Waals surface area contributed by atoms with Crippen LogP contribution in [0.3, 0.4) is 0 Å². The molecule has 1 unspecified atom stereocenters. The van der Waals surface area contributed by atoms with Crippen molar-refractivity contribution in [3.63, 3.8) is 0 Å². The van der Waals surface area contributed by atoms with E-state index in [1.807, 2.05) is 30.5 Å². The van der Waals surface area contributed by atoms with Crippen LogP contribution in [-0.4, -0.2) is 42.5 Å². The van der Waals surface area contributed by atoms with Crippen molar-refractivity contribution in [2.75, 3.05) is 13.1 Å². The molecule has 1 aromatic heterocycles. The number of H-pyrrole nitrogens is 1. The van der Waals surface area contributed by atoms with Gasteiger partial charge in [0.2, 0.25) is 5.91 Å². The minimum Gasteiger partial charge on any atom is -0.361 e. The van der Waals surface area contributed by atoms with E-state index in [0.29, 0.717) is 13.0 Å². The van der Waals surface area contributed by atoms with Crippen LogP contribution in [0, 0.1) is 0 Å². The van der Waals surface area contributed by atoms with Crippen molar-refractivity contribution in [3.05, 3.63) is 36.0 Å². The van der Waals surface area contributed by atoms with E-state index in [2.05, 4.69) is 4.98 Å². The van der Waals surface area contributed by atoms with Gasteiger partial charge in [-0.3, -0.25) is 4.79 Å². The molecule has 5 nitrogen and oxygen atoms in total. The third kappa shape index (κ3) is 2.78. The van der Waals surface area contributed by atoms with Crippen molar-refractivity contribution in [1.82, 2.24) is 9.88 Å². The highest BCUT2D eigenvalue weighted by molar-refractivity contribution is 7.87. The smallest absolute Gasteiger partial charge is 0.307 e. The molecule has 0 radical (unpaired) electrons. The van der Waals surface area contributed by atoms with Crippen molar-refractivity contribution < 1.29 is 17.1 Å². The molecule has 1 aromatic carbocycles. The SMILES string of the molecule is O=C1CC(S(=O)(=O)F)CN1CCc1cccc2cc[nH]c12. The number of hydrogen-bond donors (Lipinski definition) is 1. The first-order valence-corrected chi connectivity index (χ1v) is 8.16. The van der Waals surface area contributed by atoms with Gasteiger partial charge in [0.1, 0.15) is 5.25 Å². The van der Waals surface area contributed by atoms with E-state index >= 15 is 0 Å². The van der Waals surface area contributed by atoms with Crippen LogP contribution in [0.25, 0.3) is 10.9 Å². The van der Waals surface area contributed by atoms with Gasteiger partial charge in [0.05, 0.1) is 0 Å². The lowest BCUT2D eigenvalue weighted by Crippen LogP contribution is -2.29. The van der Waals surface area contributed by atoms with E-state index in [0.717, 1.165) is 16.5 Å². The number of fused-ring (bicyclic) bond motifs is 1. The second-order valence-corrected chi connectivity index (χ2v) is 6.87. The summed E-state index contributed by atoms with van der Waals surface area (Å²) in [6.07, 6.45) is 2.19. The Morgan fingerprint density at radius 1 is 1.33 bits per heavy atom. The lowest BCUT2D eigenvalue weighted by molar-refractivity contribution is -0.127. The van der Waals surface area contributed by atoms with Crippen molar-refractivity contribution in [1.29, 1.82) is 0 Å². The molecule has 112 valence electrons. The quantitative estimate of drug-likeness (QED) is 0.872. The molecule has 21 heavy (non-hydrogen) atoms. The Hall–Kier alpha value is -1.89. The molecule has 1 aliphatic heterocycles. The molecule has 7 heteroatoms. The molecule has 0 aliphatic carbocycles. The number of aromatic nitrogens is 1. The summed E-state index contributed by atoms with van der Waals surface area (Å²) in [6.45, 7) is 0.335. The molecule has 2 heterocycles. The van der Waals surface area contributed by atoms with Crippen LogP contribution in [0.15, 0.2) is 30.5 Å². The number of para-hydroxylation sites is 1. The molecule has 3 rings (SSSR count). The van der Waals surface area contributed by atoms with Gasteiger partial charge < -0.3 is 9.88 Å². The van der Waals surface area contributed by atoms with Crippen LogP contribution in [0.1, 0.15) is 12.0 Å². The van der Waals surface area contributed by atoms with E-state index in [1.165, 1.54) is 4.90 Å². The van der Waals surface area contributed by atoms with Crippen LogP contribution in [0.2, 0.25) is 0 Å². The van der Waals surface area contributed by atoms with Gasteiger partial charge in [-0.25, -0.2) is 0 Å². The average Bonchev–Trinajstić information content (AvgIpc) is 3.02. The molecule has 2 aromatic rings. The minimum absolute atomic E-state index is 0.0572. The summed E-state index contributed by atoms with van der Waals surface area (Å²) < 4.78 is 34.7. The number of likely N-dealkylation sites (tertiary alicyclic amines) is 1. The normalized spacial score (nSPS) is 19.6. The van der Waals surface area contributed by atoms with E-state index in [1.54, 1.807) is 0 Å². The van der Waals surface area contributed by atoms with Crippen LogP contribution in [-0.2, 0) is 21.4 Å². The molecular formula is C14H15FN2O3S. The number of nitrogens with zero attached hydrogens (tertiary/aromatic N) is 1. The molecule has 0 bridgehead atoms. The van der Waals surface area contributed by atoms with Gasteiger partial charge in [-0.05, 0) is 23.4 Å². The Morgan fingerprint density at radius 3 is 2.86 bits per heavy atom. The number of halogens is 1. The predicted octanol–water partition coefficient (Wildman–Crippen LogP) is 1.61. The summed E-state index contributed by atoms with van der Waals surface area (Å²) in [6, 6.07) is 7.85. The first kappa shape index (κ1) is 14.1. The monoisotopic (exact) mass is 310 g/mol. The highest BCUT2D eigenvalue weighted by atomic mass is 32.3. The zero-order chi connectivity index (χ0) is 15.0. The number of amides is 1. The van der Waals surface area contributed by atoms with E-state index < -0.39 is 15.5 Å². The molecule has 0 spiro atoms. The lowest BCUT2D eigenvalue weighted by Gasteiger charge is -2.16. The summed E-state index contributed by atoms with van der Waals surface area (Å²) in [7, 11) is -4.65. The second-order valence-electron chi connectivity index (χ2n) is 5.25. The Bertz CT molecular complexity index is 784. The summed E-state index contributed by atoms with van der Waals surface area (Å²) in [4.78, 5) is 16.3. The molecular weight excluding hydrogens is 295 g/mol. The molecule has 1 saturated heterocycles. The minimum atomic E-state index is -4.65. The molecule has 1 aliphatic rings. The van der Waals surface area contributed by atoms with Crippen molar-refractivity contribution in [2.45, 2.75) is 18.1 Å². The van der Waals surface area contributed by atoms with E-state index in [9.17, 15) is 17.1 Å². The van der Waals surface area contributed by atoms with Gasteiger partial charge in [0.15, 0.2) is 0 Å². The fourth-order valence-corrected chi connectivity index (χ4v) is 3.45. The first-order valence-electron chi connectivity index (χ1n) is 6.71. The summed E-state index contributed by atoms with van der Waals surface area (Å²) >= 11 is 0. The third-order valence-corrected chi connectivity index (χ3v) is 5.01. The van der Waals surface area contributed by atoms with Gasteiger partial charge >= 0.3 is 10.2 Å². The van der Waals surface area contributed by atoms with E-state index in [-0.39, 0.29) is 18.9 Å².